The van der Waals surface area contributed by atoms with Gasteiger partial charge in [0.05, 0.1) is 17.6 Å². The standard InChI is InChI=1S/C17H20N4/c1-14(12-18)21-10-8-20(9-11-21)13-15-6-7-19-17-5-3-2-4-16(15)17/h2-7,14H,8-11,13H2,1H3. The van der Waals surface area contributed by atoms with E-state index in [1.54, 1.807) is 0 Å². The van der Waals surface area contributed by atoms with Crippen LogP contribution in [0.5, 0.6) is 0 Å². The van der Waals surface area contributed by atoms with E-state index in [4.69, 9.17) is 5.26 Å². The van der Waals surface area contributed by atoms with Crippen molar-refractivity contribution in [3.05, 3.63) is 42.1 Å². The molecular weight excluding hydrogens is 260 g/mol. The minimum atomic E-state index is 0.0221. The first-order valence-corrected chi connectivity index (χ1v) is 7.46. The molecule has 0 bridgehead atoms. The average molecular weight is 280 g/mol. The number of fused-ring (bicyclic) bond motifs is 1. The Labute approximate surface area is 125 Å². The van der Waals surface area contributed by atoms with Gasteiger partial charge in [-0.15, -0.1) is 0 Å². The van der Waals surface area contributed by atoms with Crippen LogP contribution in [0, 0.1) is 11.3 Å². The molecule has 0 aliphatic carbocycles. The highest BCUT2D eigenvalue weighted by molar-refractivity contribution is 5.81. The summed E-state index contributed by atoms with van der Waals surface area (Å²) in [4.78, 5) is 9.13. The summed E-state index contributed by atoms with van der Waals surface area (Å²) in [5.41, 5.74) is 2.40. The number of aromatic nitrogens is 1. The molecule has 0 N–H and O–H groups in total. The number of pyridine rings is 1. The molecule has 1 atom stereocenters. The van der Waals surface area contributed by atoms with Gasteiger partial charge < -0.3 is 0 Å². The zero-order valence-corrected chi connectivity index (χ0v) is 12.4. The summed E-state index contributed by atoms with van der Waals surface area (Å²) in [6, 6.07) is 12.8. The molecule has 0 saturated carbocycles. The van der Waals surface area contributed by atoms with Crippen molar-refractivity contribution in [3.63, 3.8) is 0 Å². The van der Waals surface area contributed by atoms with Crippen LogP contribution >= 0.6 is 0 Å². The maximum atomic E-state index is 8.99. The van der Waals surface area contributed by atoms with Crippen LogP contribution in [0.3, 0.4) is 0 Å². The number of nitriles is 1. The highest BCUT2D eigenvalue weighted by Crippen LogP contribution is 2.18. The third-order valence-corrected chi connectivity index (χ3v) is 4.27. The lowest BCUT2D eigenvalue weighted by Crippen LogP contribution is -2.48. The fourth-order valence-corrected chi connectivity index (χ4v) is 2.92. The molecule has 0 spiro atoms. The Morgan fingerprint density at radius 1 is 1.19 bits per heavy atom. The van der Waals surface area contributed by atoms with Crippen molar-refractivity contribution in [2.24, 2.45) is 0 Å². The van der Waals surface area contributed by atoms with Gasteiger partial charge in [-0.1, -0.05) is 18.2 Å². The highest BCUT2D eigenvalue weighted by Gasteiger charge is 2.21. The van der Waals surface area contributed by atoms with Crippen LogP contribution in [-0.4, -0.2) is 47.0 Å². The largest absolute Gasteiger partial charge is 0.297 e. The summed E-state index contributed by atoms with van der Waals surface area (Å²) in [6.45, 7) is 6.91. The number of hydrogen-bond donors (Lipinski definition) is 0. The molecule has 1 aromatic carbocycles. The van der Waals surface area contributed by atoms with Crippen molar-refractivity contribution in [2.45, 2.75) is 19.5 Å². The molecule has 4 nitrogen and oxygen atoms in total. The Balaban J connectivity index is 1.69. The van der Waals surface area contributed by atoms with Crippen LogP contribution in [-0.2, 0) is 6.54 Å². The second-order valence-electron chi connectivity index (χ2n) is 5.60. The van der Waals surface area contributed by atoms with E-state index in [1.165, 1.54) is 10.9 Å². The summed E-state index contributed by atoms with van der Waals surface area (Å²) in [6.07, 6.45) is 1.89. The highest BCUT2D eigenvalue weighted by atomic mass is 15.3. The Bertz CT molecular complexity index is 648. The smallest absolute Gasteiger partial charge is 0.0950 e. The van der Waals surface area contributed by atoms with E-state index < -0.39 is 0 Å². The van der Waals surface area contributed by atoms with Gasteiger partial charge in [-0.05, 0) is 24.6 Å². The van der Waals surface area contributed by atoms with Crippen LogP contribution in [0.4, 0.5) is 0 Å². The van der Waals surface area contributed by atoms with E-state index in [9.17, 15) is 0 Å². The Morgan fingerprint density at radius 3 is 2.71 bits per heavy atom. The van der Waals surface area contributed by atoms with Gasteiger partial charge >= 0.3 is 0 Å². The number of hydrogen-bond acceptors (Lipinski definition) is 4. The summed E-state index contributed by atoms with van der Waals surface area (Å²) in [5.74, 6) is 0. The van der Waals surface area contributed by atoms with Crippen LogP contribution < -0.4 is 0 Å². The molecule has 1 unspecified atom stereocenters. The lowest BCUT2D eigenvalue weighted by molar-refractivity contribution is 0.115. The number of nitrogens with zero attached hydrogens (tertiary/aromatic N) is 4. The first-order chi connectivity index (χ1) is 10.3. The van der Waals surface area contributed by atoms with Crippen LogP contribution in [0.1, 0.15) is 12.5 Å². The molecule has 1 aromatic heterocycles. The molecule has 0 amide bonds. The maximum Gasteiger partial charge on any atom is 0.0950 e. The van der Waals surface area contributed by atoms with Crippen molar-refractivity contribution < 1.29 is 0 Å². The lowest BCUT2D eigenvalue weighted by atomic mass is 10.1. The summed E-state index contributed by atoms with van der Waals surface area (Å²) in [7, 11) is 0. The predicted molar refractivity (Wildman–Crippen MR) is 83.7 cm³/mol. The normalized spacial score (nSPS) is 18.5. The fourth-order valence-electron chi connectivity index (χ4n) is 2.92. The van der Waals surface area contributed by atoms with Crippen molar-refractivity contribution in [3.8, 4) is 6.07 Å². The van der Waals surface area contributed by atoms with E-state index in [2.05, 4.69) is 45.1 Å². The second-order valence-corrected chi connectivity index (χ2v) is 5.60. The van der Waals surface area contributed by atoms with Crippen LogP contribution in [0.25, 0.3) is 10.9 Å². The molecule has 1 aliphatic rings. The van der Waals surface area contributed by atoms with Gasteiger partial charge in [0.2, 0.25) is 0 Å². The molecule has 108 valence electrons. The van der Waals surface area contributed by atoms with E-state index in [-0.39, 0.29) is 6.04 Å². The number of rotatable bonds is 3. The zero-order valence-electron chi connectivity index (χ0n) is 12.4. The summed E-state index contributed by atoms with van der Waals surface area (Å²) < 4.78 is 0. The van der Waals surface area contributed by atoms with Gasteiger partial charge in [0.1, 0.15) is 0 Å². The monoisotopic (exact) mass is 280 g/mol. The maximum absolute atomic E-state index is 8.99. The fraction of sp³-hybridized carbons (Fsp3) is 0.412. The van der Waals surface area contributed by atoms with Crippen molar-refractivity contribution in [2.75, 3.05) is 26.2 Å². The van der Waals surface area contributed by atoms with Gasteiger partial charge in [-0.25, -0.2) is 0 Å². The third-order valence-electron chi connectivity index (χ3n) is 4.27. The molecule has 21 heavy (non-hydrogen) atoms. The predicted octanol–water partition coefficient (Wildman–Crippen LogP) is 2.26. The van der Waals surface area contributed by atoms with E-state index in [0.717, 1.165) is 38.2 Å². The van der Waals surface area contributed by atoms with Gasteiger partial charge in [-0.3, -0.25) is 14.8 Å². The number of piperazine rings is 1. The van der Waals surface area contributed by atoms with Crippen LogP contribution in [0.15, 0.2) is 36.5 Å². The molecule has 1 saturated heterocycles. The van der Waals surface area contributed by atoms with Gasteiger partial charge in [0.25, 0.3) is 0 Å². The van der Waals surface area contributed by atoms with E-state index in [1.807, 2.05) is 19.2 Å². The molecule has 1 fully saturated rings. The Morgan fingerprint density at radius 2 is 1.95 bits per heavy atom. The molecule has 2 aromatic rings. The second kappa shape index (κ2) is 6.21. The molecule has 4 heteroatoms. The molecule has 0 radical (unpaired) electrons. The van der Waals surface area contributed by atoms with Gasteiger partial charge in [0.15, 0.2) is 0 Å². The number of benzene rings is 1. The summed E-state index contributed by atoms with van der Waals surface area (Å²) >= 11 is 0. The van der Waals surface area contributed by atoms with E-state index in [0.29, 0.717) is 0 Å². The molecule has 3 rings (SSSR count). The van der Waals surface area contributed by atoms with Gasteiger partial charge in [0, 0.05) is 44.3 Å². The van der Waals surface area contributed by atoms with Crippen molar-refractivity contribution in [1.29, 1.82) is 5.26 Å². The Hall–Kier alpha value is -1.96. The summed E-state index contributed by atoms with van der Waals surface area (Å²) in [5, 5.41) is 10.2. The molecule has 1 aliphatic heterocycles. The number of para-hydroxylation sites is 1. The molecular formula is C17H20N4. The Kier molecular flexibility index (Phi) is 4.14. The van der Waals surface area contributed by atoms with Crippen molar-refractivity contribution >= 4 is 10.9 Å². The zero-order chi connectivity index (χ0) is 14.7. The lowest BCUT2D eigenvalue weighted by Gasteiger charge is -2.36. The minimum absolute atomic E-state index is 0.0221. The quantitative estimate of drug-likeness (QED) is 0.865. The average Bonchev–Trinajstić information content (AvgIpc) is 2.55. The van der Waals surface area contributed by atoms with Crippen LogP contribution in [0.2, 0.25) is 0 Å². The van der Waals surface area contributed by atoms with E-state index >= 15 is 0 Å². The first-order valence-electron chi connectivity index (χ1n) is 7.46. The third kappa shape index (κ3) is 3.05. The van der Waals surface area contributed by atoms with Gasteiger partial charge in [-0.2, -0.15) is 5.26 Å². The molecule has 2 heterocycles. The first kappa shape index (κ1) is 14.0. The van der Waals surface area contributed by atoms with Crippen molar-refractivity contribution in [1.82, 2.24) is 14.8 Å². The SMILES string of the molecule is CC(C#N)N1CCN(Cc2ccnc3ccccc23)CC1. The topological polar surface area (TPSA) is 43.2 Å². The minimum Gasteiger partial charge on any atom is -0.297 e.